The summed E-state index contributed by atoms with van der Waals surface area (Å²) in [5.74, 6) is 0.564. The van der Waals surface area contributed by atoms with Crippen molar-refractivity contribution in [2.75, 3.05) is 13.2 Å². The van der Waals surface area contributed by atoms with Crippen molar-refractivity contribution < 1.29 is 14.3 Å². The zero-order valence-corrected chi connectivity index (χ0v) is 19.8. The Morgan fingerprint density at radius 1 is 0.889 bits per heavy atom. The van der Waals surface area contributed by atoms with E-state index in [4.69, 9.17) is 9.47 Å². The zero-order chi connectivity index (χ0) is 23.7. The maximum absolute atomic E-state index is 11.2. The molecule has 4 aromatic rings. The second-order valence-corrected chi connectivity index (χ2v) is 9.60. The maximum Gasteiger partial charge on any atom is 0.172 e. The summed E-state index contributed by atoms with van der Waals surface area (Å²) >= 11 is 0. The Kier molecular flexibility index (Phi) is 7.03. The van der Waals surface area contributed by atoms with Gasteiger partial charge in [0.05, 0.1) is 35.3 Å². The van der Waals surface area contributed by atoms with Crippen LogP contribution < -0.4 is 0 Å². The monoisotopic (exact) mass is 486 g/mol. The third-order valence-corrected chi connectivity index (χ3v) is 7.48. The topological polar surface area (TPSA) is 92.9 Å². The van der Waals surface area contributed by atoms with E-state index in [0.29, 0.717) is 11.7 Å². The molecule has 4 aromatic heterocycles. The van der Waals surface area contributed by atoms with Gasteiger partial charge in [-0.2, -0.15) is 0 Å². The molecule has 5 heterocycles. The van der Waals surface area contributed by atoms with E-state index in [2.05, 4.69) is 44.5 Å². The van der Waals surface area contributed by atoms with Gasteiger partial charge in [0.1, 0.15) is 5.78 Å². The number of nitrogens with one attached hydrogen (secondary N) is 2. The lowest BCUT2D eigenvalue weighted by Gasteiger charge is -2.30. The lowest BCUT2D eigenvalue weighted by molar-refractivity contribution is -0.159. The number of carbonyl (C=O) groups is 1. The molecule has 0 unspecified atom stereocenters. The smallest absolute Gasteiger partial charge is 0.172 e. The molecule has 0 atom stereocenters. The summed E-state index contributed by atoms with van der Waals surface area (Å²) in [5, 5.41) is 0. The first-order chi connectivity index (χ1) is 17.2. The number of allylic oxidation sites excluding steroid dienone is 1. The third-order valence-electron chi connectivity index (χ3n) is 7.48. The predicted molar refractivity (Wildman–Crippen MR) is 142 cm³/mol. The van der Waals surface area contributed by atoms with Gasteiger partial charge in [-0.25, -0.2) is 0 Å². The number of nitrogens with zero attached hydrogens (tertiary/aromatic N) is 2. The van der Waals surface area contributed by atoms with Crippen LogP contribution in [0.25, 0.3) is 27.6 Å². The Hall–Kier alpha value is -3.29. The van der Waals surface area contributed by atoms with Gasteiger partial charge >= 0.3 is 0 Å². The van der Waals surface area contributed by atoms with Gasteiger partial charge in [0.25, 0.3) is 0 Å². The Balaban J connectivity index is 0.000000146. The average Bonchev–Trinajstić information content (AvgIpc) is 3.65. The maximum atomic E-state index is 11.2. The van der Waals surface area contributed by atoms with E-state index >= 15 is 0 Å². The SMILES string of the molecule is C.C1=C(c2c[nH]c3cccnc23)CCC2(C1)OCCO2.O=C1CCC(c2c[nH]c3cccnc23)CC1. The molecule has 0 radical (unpaired) electrons. The molecule has 0 bridgehead atoms. The molecule has 1 saturated heterocycles. The van der Waals surface area contributed by atoms with Crippen LogP contribution in [0.2, 0.25) is 0 Å². The van der Waals surface area contributed by atoms with Gasteiger partial charge in [0.2, 0.25) is 0 Å². The van der Waals surface area contributed by atoms with Crippen LogP contribution in [-0.2, 0) is 14.3 Å². The highest BCUT2D eigenvalue weighted by Gasteiger charge is 2.38. The van der Waals surface area contributed by atoms with Crippen LogP contribution in [-0.4, -0.2) is 44.7 Å². The summed E-state index contributed by atoms with van der Waals surface area (Å²) < 4.78 is 11.5. The van der Waals surface area contributed by atoms with Gasteiger partial charge in [-0.05, 0) is 60.6 Å². The van der Waals surface area contributed by atoms with Crippen LogP contribution >= 0.6 is 0 Å². The van der Waals surface area contributed by atoms with Gasteiger partial charge in [-0.1, -0.05) is 13.5 Å². The van der Waals surface area contributed by atoms with Gasteiger partial charge in [0, 0.05) is 56.0 Å². The molecule has 2 aliphatic carbocycles. The minimum atomic E-state index is -0.344. The van der Waals surface area contributed by atoms with Crippen molar-refractivity contribution >= 4 is 33.4 Å². The van der Waals surface area contributed by atoms with Crippen LogP contribution in [0.4, 0.5) is 0 Å². The summed E-state index contributed by atoms with van der Waals surface area (Å²) in [4.78, 5) is 26.6. The molecule has 3 aliphatic rings. The minimum Gasteiger partial charge on any atom is -0.360 e. The Labute approximate surface area is 211 Å². The van der Waals surface area contributed by atoms with E-state index in [1.807, 2.05) is 30.6 Å². The quantitative estimate of drug-likeness (QED) is 0.347. The number of aromatic nitrogens is 4. The van der Waals surface area contributed by atoms with Crippen molar-refractivity contribution in [2.45, 2.75) is 64.1 Å². The number of fused-ring (bicyclic) bond motifs is 2. The fourth-order valence-corrected chi connectivity index (χ4v) is 5.55. The van der Waals surface area contributed by atoms with Crippen LogP contribution in [0.5, 0.6) is 0 Å². The zero-order valence-electron chi connectivity index (χ0n) is 19.8. The van der Waals surface area contributed by atoms with E-state index in [-0.39, 0.29) is 13.2 Å². The van der Waals surface area contributed by atoms with Gasteiger partial charge < -0.3 is 19.4 Å². The number of hydrogen-bond donors (Lipinski definition) is 2. The number of ketones is 1. The highest BCUT2D eigenvalue weighted by molar-refractivity contribution is 5.89. The van der Waals surface area contributed by atoms with Crippen molar-refractivity contribution in [3.8, 4) is 0 Å². The molecule has 1 aliphatic heterocycles. The first kappa shape index (κ1) is 24.4. The van der Waals surface area contributed by atoms with Crippen molar-refractivity contribution in [3.63, 3.8) is 0 Å². The fraction of sp³-hybridized carbons (Fsp3) is 0.414. The van der Waals surface area contributed by atoms with E-state index in [9.17, 15) is 4.79 Å². The van der Waals surface area contributed by atoms with E-state index in [1.54, 1.807) is 0 Å². The van der Waals surface area contributed by atoms with Gasteiger partial charge in [-0.3, -0.25) is 14.8 Å². The van der Waals surface area contributed by atoms with Crippen LogP contribution in [0.1, 0.15) is 69.4 Å². The molecule has 2 N–H and O–H groups in total. The number of aromatic amines is 2. The summed E-state index contributed by atoms with van der Waals surface area (Å²) in [6.45, 7) is 1.44. The highest BCUT2D eigenvalue weighted by atomic mass is 16.7. The van der Waals surface area contributed by atoms with E-state index in [0.717, 1.165) is 80.2 Å². The van der Waals surface area contributed by atoms with Gasteiger partial charge in [0.15, 0.2) is 5.79 Å². The van der Waals surface area contributed by atoms with Crippen LogP contribution in [0.3, 0.4) is 0 Å². The fourth-order valence-electron chi connectivity index (χ4n) is 5.55. The second-order valence-electron chi connectivity index (χ2n) is 9.60. The summed E-state index contributed by atoms with van der Waals surface area (Å²) in [5.41, 5.74) is 8.14. The minimum absolute atomic E-state index is 0. The molecule has 1 saturated carbocycles. The number of hydrogen-bond acceptors (Lipinski definition) is 5. The normalized spacial score (nSPS) is 19.7. The molecule has 0 amide bonds. The Bertz CT molecular complexity index is 1370. The first-order valence-electron chi connectivity index (χ1n) is 12.5. The number of pyridine rings is 2. The molecule has 36 heavy (non-hydrogen) atoms. The molecular weight excluding hydrogens is 452 g/mol. The Morgan fingerprint density at radius 2 is 1.56 bits per heavy atom. The number of Topliss-reactive ketones (excluding diaryl/α,β-unsaturated/α-hetero) is 1. The molecule has 188 valence electrons. The molecule has 7 rings (SSSR count). The van der Waals surface area contributed by atoms with Crippen molar-refractivity contribution in [2.24, 2.45) is 0 Å². The number of ether oxygens (including phenoxy) is 2. The molecule has 1 spiro atoms. The Morgan fingerprint density at radius 3 is 2.25 bits per heavy atom. The van der Waals surface area contributed by atoms with Crippen molar-refractivity contribution in [1.29, 1.82) is 0 Å². The van der Waals surface area contributed by atoms with Crippen LogP contribution in [0, 0.1) is 0 Å². The average molecular weight is 487 g/mol. The summed E-state index contributed by atoms with van der Waals surface area (Å²) in [6, 6.07) is 7.99. The highest BCUT2D eigenvalue weighted by Crippen LogP contribution is 2.39. The molecular formula is C29H34N4O3. The molecule has 2 fully saturated rings. The van der Waals surface area contributed by atoms with Crippen molar-refractivity contribution in [1.82, 2.24) is 19.9 Å². The molecule has 7 nitrogen and oxygen atoms in total. The van der Waals surface area contributed by atoms with E-state index < -0.39 is 0 Å². The lowest BCUT2D eigenvalue weighted by atomic mass is 9.84. The van der Waals surface area contributed by atoms with Crippen molar-refractivity contribution in [3.05, 3.63) is 66.3 Å². The summed E-state index contributed by atoms with van der Waals surface area (Å²) in [6.07, 6.45) is 16.2. The standard InChI is InChI=1S/C15H16N2O2.C13H14N2O.CH4/c1-2-13-14(16-7-1)12(10-17-13)11-3-5-15(6-4-11)18-8-9-19-15;16-10-5-3-9(4-6-10)11-8-15-12-2-1-7-14-13(11)12;/h1-3,7,10,17H,4-6,8-9H2;1-2,7-9,15H,3-6H2;1H4. The number of carbonyl (C=O) groups excluding carboxylic acids is 1. The van der Waals surface area contributed by atoms with E-state index in [1.165, 1.54) is 16.7 Å². The largest absolute Gasteiger partial charge is 0.360 e. The molecule has 7 heteroatoms. The molecule has 0 aromatic carbocycles. The lowest BCUT2D eigenvalue weighted by Crippen LogP contribution is -2.31. The predicted octanol–water partition coefficient (Wildman–Crippen LogP) is 6.30. The number of rotatable bonds is 2. The second kappa shape index (κ2) is 10.4. The third kappa shape index (κ3) is 4.73. The van der Waals surface area contributed by atoms with Crippen LogP contribution in [0.15, 0.2) is 55.1 Å². The number of H-pyrrole nitrogens is 2. The van der Waals surface area contributed by atoms with Gasteiger partial charge in [-0.15, -0.1) is 0 Å². The summed E-state index contributed by atoms with van der Waals surface area (Å²) in [7, 11) is 0. The first-order valence-corrected chi connectivity index (χ1v) is 12.5.